The van der Waals surface area contributed by atoms with Gasteiger partial charge in [-0.1, -0.05) is 0 Å². The van der Waals surface area contributed by atoms with E-state index in [-0.39, 0.29) is 29.0 Å². The Balaban J connectivity index is 0.000000213. The van der Waals surface area contributed by atoms with Crippen molar-refractivity contribution < 1.29 is 0 Å². The van der Waals surface area contributed by atoms with Gasteiger partial charge in [0, 0.05) is 0 Å². The van der Waals surface area contributed by atoms with Gasteiger partial charge in [-0.15, -0.1) is 0 Å². The molecule has 24 heavy (non-hydrogen) atoms. The number of aromatic nitrogens is 7. The Morgan fingerprint density at radius 2 is 1.17 bits per heavy atom. The standard InChI is InChI=1S/C5H4N4O3.C3H6N6.CH2N2/c10-3-1-2(7-4(11)6-1)8-5(12)9-3;4-1-7-2(5)9-3(6)8-1;2-1-3/h(H4,6,7,8,9,10,11,12);(H6,4,5,6,7,8,9);2H2. The number of nitriles is 1. The van der Waals surface area contributed by atoms with Crippen molar-refractivity contribution in [3.63, 3.8) is 0 Å². The van der Waals surface area contributed by atoms with Crippen LogP contribution in [0.15, 0.2) is 14.4 Å². The maximum absolute atomic E-state index is 10.9. The molecule has 15 heteroatoms. The lowest BCUT2D eigenvalue weighted by atomic mass is 10.5. The molecule has 0 radical (unpaired) electrons. The molecule has 15 nitrogen and oxygen atoms in total. The highest BCUT2D eigenvalue weighted by atomic mass is 16.2. The quantitative estimate of drug-likeness (QED) is 0.146. The topological polar surface area (TPSA) is 281 Å². The number of hydrogen-bond donors (Lipinski definition) is 8. The Bertz CT molecular complexity index is 984. The van der Waals surface area contributed by atoms with Crippen LogP contribution in [0.25, 0.3) is 11.2 Å². The summed E-state index contributed by atoms with van der Waals surface area (Å²) >= 11 is 0. The van der Waals surface area contributed by atoms with E-state index < -0.39 is 16.9 Å². The predicted molar refractivity (Wildman–Crippen MR) is 83.0 cm³/mol. The second-order valence-electron chi connectivity index (χ2n) is 3.78. The van der Waals surface area contributed by atoms with Gasteiger partial charge in [-0.05, 0) is 0 Å². The van der Waals surface area contributed by atoms with E-state index in [2.05, 4.69) is 35.6 Å². The predicted octanol–water partition coefficient (Wildman–Crippen LogP) is -3.72. The molecule has 0 spiro atoms. The van der Waals surface area contributed by atoms with Gasteiger partial charge >= 0.3 is 11.4 Å². The molecule has 0 amide bonds. The van der Waals surface area contributed by atoms with Crippen LogP contribution >= 0.6 is 0 Å². The first-order valence-corrected chi connectivity index (χ1v) is 5.83. The van der Waals surface area contributed by atoms with Crippen LogP contribution in [0.3, 0.4) is 0 Å². The first kappa shape index (κ1) is 17.7. The largest absolute Gasteiger partial charge is 0.368 e. The first-order valence-electron chi connectivity index (χ1n) is 5.83. The number of nitrogens with zero attached hydrogens (tertiary/aromatic N) is 4. The highest BCUT2D eigenvalue weighted by Crippen LogP contribution is 1.97. The van der Waals surface area contributed by atoms with Crippen LogP contribution in [-0.4, -0.2) is 34.9 Å². The Labute approximate surface area is 130 Å². The molecule has 126 valence electrons. The number of anilines is 3. The number of hydrogen-bond acceptors (Lipinski definition) is 11. The van der Waals surface area contributed by atoms with Gasteiger partial charge in [0.1, 0.15) is 11.2 Å². The molecular formula is C9H12N12O3. The summed E-state index contributed by atoms with van der Waals surface area (Å²) in [6.07, 6.45) is 1.25. The highest BCUT2D eigenvalue weighted by molar-refractivity contribution is 5.67. The lowest BCUT2D eigenvalue weighted by Gasteiger charge is -1.93. The summed E-state index contributed by atoms with van der Waals surface area (Å²) < 4.78 is 0. The van der Waals surface area contributed by atoms with E-state index in [9.17, 15) is 14.4 Å². The molecule has 12 N–H and O–H groups in total. The summed E-state index contributed by atoms with van der Waals surface area (Å²) in [4.78, 5) is 51.4. The maximum atomic E-state index is 10.9. The average Bonchev–Trinajstić information content (AvgIpc) is 2.79. The smallest absolute Gasteiger partial charge is 0.327 e. The van der Waals surface area contributed by atoms with Crippen molar-refractivity contribution in [2.24, 2.45) is 5.73 Å². The second-order valence-corrected chi connectivity index (χ2v) is 3.78. The maximum Gasteiger partial charge on any atom is 0.327 e. The average molecular weight is 336 g/mol. The van der Waals surface area contributed by atoms with Crippen molar-refractivity contribution in [1.29, 1.82) is 5.26 Å². The van der Waals surface area contributed by atoms with Crippen LogP contribution in [0.1, 0.15) is 0 Å². The molecular weight excluding hydrogens is 324 g/mol. The normalized spacial score (nSPS) is 9.12. The SMILES string of the molecule is N#CN.Nc1nc(N)nc(N)n1.O=c1[nH]c(=O)c2[nH]c(=O)[nH]c2[nH]1. The van der Waals surface area contributed by atoms with Crippen LogP contribution in [0.2, 0.25) is 0 Å². The van der Waals surface area contributed by atoms with Gasteiger partial charge in [0.05, 0.1) is 0 Å². The fourth-order valence-electron chi connectivity index (χ4n) is 1.38. The Morgan fingerprint density at radius 1 is 0.792 bits per heavy atom. The van der Waals surface area contributed by atoms with Crippen molar-refractivity contribution in [1.82, 2.24) is 34.9 Å². The number of H-pyrrole nitrogens is 4. The summed E-state index contributed by atoms with van der Waals surface area (Å²) in [6.45, 7) is 0. The summed E-state index contributed by atoms with van der Waals surface area (Å²) in [5.41, 5.74) is 17.9. The lowest BCUT2D eigenvalue weighted by Crippen LogP contribution is -2.21. The van der Waals surface area contributed by atoms with E-state index in [1.807, 2.05) is 4.98 Å². The summed E-state index contributed by atoms with van der Waals surface area (Å²) in [7, 11) is 0. The van der Waals surface area contributed by atoms with Crippen LogP contribution in [-0.2, 0) is 0 Å². The van der Waals surface area contributed by atoms with E-state index in [4.69, 9.17) is 22.5 Å². The van der Waals surface area contributed by atoms with Crippen molar-refractivity contribution in [2.45, 2.75) is 0 Å². The molecule has 0 aliphatic rings. The number of fused-ring (bicyclic) bond motifs is 1. The zero-order valence-electron chi connectivity index (χ0n) is 11.8. The third-order valence-electron chi connectivity index (χ3n) is 2.11. The number of imidazole rings is 1. The van der Waals surface area contributed by atoms with Gasteiger partial charge in [-0.3, -0.25) is 24.7 Å². The molecule has 0 bridgehead atoms. The molecule has 0 fully saturated rings. The number of rotatable bonds is 0. The summed E-state index contributed by atoms with van der Waals surface area (Å²) in [5.74, 6) is 0.125. The van der Waals surface area contributed by atoms with Gasteiger partial charge in [-0.2, -0.15) is 20.2 Å². The molecule has 0 saturated heterocycles. The van der Waals surface area contributed by atoms with Gasteiger partial charge in [0.25, 0.3) is 5.56 Å². The number of nitrogens with two attached hydrogens (primary N) is 4. The van der Waals surface area contributed by atoms with Crippen molar-refractivity contribution in [3.8, 4) is 6.19 Å². The van der Waals surface area contributed by atoms with Crippen molar-refractivity contribution in [2.75, 3.05) is 17.2 Å². The van der Waals surface area contributed by atoms with Crippen molar-refractivity contribution >= 4 is 29.0 Å². The van der Waals surface area contributed by atoms with Gasteiger partial charge in [0.2, 0.25) is 17.8 Å². The molecule has 0 aliphatic heterocycles. The number of nitrogens with one attached hydrogen (secondary N) is 4. The van der Waals surface area contributed by atoms with Crippen LogP contribution in [0.4, 0.5) is 17.8 Å². The molecule has 3 aromatic rings. The molecule has 0 atom stereocenters. The van der Waals surface area contributed by atoms with E-state index in [0.717, 1.165) is 0 Å². The Morgan fingerprint density at radius 3 is 1.58 bits per heavy atom. The summed E-state index contributed by atoms with van der Waals surface area (Å²) in [6, 6.07) is 0. The van der Waals surface area contributed by atoms with Gasteiger partial charge in [0.15, 0.2) is 6.19 Å². The minimum Gasteiger partial charge on any atom is -0.368 e. The molecule has 3 aromatic heterocycles. The molecule has 0 unspecified atom stereocenters. The third kappa shape index (κ3) is 4.88. The molecule has 0 aliphatic carbocycles. The third-order valence-corrected chi connectivity index (χ3v) is 2.11. The number of nitrogen functional groups attached to an aromatic ring is 3. The summed E-state index contributed by atoms with van der Waals surface area (Å²) in [5, 5.41) is 7.10. The Kier molecular flexibility index (Phi) is 5.60. The Hall–Kier alpha value is -4.35. The molecule has 0 saturated carbocycles. The van der Waals surface area contributed by atoms with E-state index >= 15 is 0 Å². The van der Waals surface area contributed by atoms with E-state index in [1.165, 1.54) is 6.19 Å². The molecule has 3 heterocycles. The fraction of sp³-hybridized carbons (Fsp3) is 0. The lowest BCUT2D eigenvalue weighted by molar-refractivity contribution is 1.07. The van der Waals surface area contributed by atoms with E-state index in [1.54, 1.807) is 0 Å². The molecule has 0 aromatic carbocycles. The second kappa shape index (κ2) is 7.60. The minimum absolute atomic E-state index is 0.0413. The highest BCUT2D eigenvalue weighted by Gasteiger charge is 2.02. The van der Waals surface area contributed by atoms with Gasteiger partial charge < -0.3 is 22.9 Å². The zero-order chi connectivity index (χ0) is 18.3. The monoisotopic (exact) mass is 336 g/mol. The fourth-order valence-corrected chi connectivity index (χ4v) is 1.38. The van der Waals surface area contributed by atoms with Crippen molar-refractivity contribution in [3.05, 3.63) is 31.3 Å². The first-order chi connectivity index (χ1) is 11.3. The minimum atomic E-state index is -0.650. The number of aromatic amines is 4. The van der Waals surface area contributed by atoms with Crippen LogP contribution < -0.4 is 39.9 Å². The van der Waals surface area contributed by atoms with Crippen LogP contribution in [0.5, 0.6) is 0 Å². The molecule has 3 rings (SSSR count). The van der Waals surface area contributed by atoms with Crippen LogP contribution in [0, 0.1) is 11.5 Å². The van der Waals surface area contributed by atoms with Gasteiger partial charge in [-0.25, -0.2) is 9.59 Å². The van der Waals surface area contributed by atoms with E-state index in [0.29, 0.717) is 0 Å². The zero-order valence-corrected chi connectivity index (χ0v) is 11.8.